The van der Waals surface area contributed by atoms with Gasteiger partial charge < -0.3 is 9.47 Å². The maximum absolute atomic E-state index is 5.85. The molecule has 0 saturated heterocycles. The Hall–Kier alpha value is -2.14. The number of hydrogen-bond donors (Lipinski definition) is 0. The minimum atomic E-state index is 0.476. The summed E-state index contributed by atoms with van der Waals surface area (Å²) in [6.45, 7) is 0.476. The van der Waals surface area contributed by atoms with E-state index < -0.39 is 0 Å². The first kappa shape index (κ1) is 13.8. The largest absolute Gasteiger partial charge is 0.493 e. The number of nitrogens with zero attached hydrogens (tertiary/aromatic N) is 2. The molecule has 0 amide bonds. The Kier molecular flexibility index (Phi) is 4.01. The van der Waals surface area contributed by atoms with Crippen LogP contribution >= 0.6 is 15.9 Å². The third kappa shape index (κ3) is 2.97. The Bertz CT molecular complexity index is 763. The molecule has 2 aromatic carbocycles. The van der Waals surface area contributed by atoms with Gasteiger partial charge in [0.25, 0.3) is 0 Å². The van der Waals surface area contributed by atoms with Gasteiger partial charge in [-0.25, -0.2) is 0 Å². The zero-order valence-electron chi connectivity index (χ0n) is 11.4. The Morgan fingerprint density at radius 1 is 1.10 bits per heavy atom. The smallest absolute Gasteiger partial charge is 0.163 e. The average molecular weight is 345 g/mol. The average Bonchev–Trinajstić information content (AvgIpc) is 2.53. The molecule has 21 heavy (non-hydrogen) atoms. The van der Waals surface area contributed by atoms with Gasteiger partial charge in [0.15, 0.2) is 11.5 Å². The van der Waals surface area contributed by atoms with Crippen LogP contribution in [0.25, 0.3) is 10.9 Å². The van der Waals surface area contributed by atoms with Gasteiger partial charge in [-0.3, -0.25) is 0 Å². The molecule has 0 N–H and O–H groups in total. The van der Waals surface area contributed by atoms with Crippen LogP contribution in [0.3, 0.4) is 0 Å². The summed E-state index contributed by atoms with van der Waals surface area (Å²) in [6, 6.07) is 13.7. The van der Waals surface area contributed by atoms with Crippen molar-refractivity contribution in [2.24, 2.45) is 0 Å². The predicted octanol–water partition coefficient (Wildman–Crippen LogP) is 3.98. The van der Waals surface area contributed by atoms with E-state index in [9.17, 15) is 0 Å². The van der Waals surface area contributed by atoms with Crippen LogP contribution in [0.15, 0.2) is 53.1 Å². The van der Waals surface area contributed by atoms with Gasteiger partial charge in [0, 0.05) is 15.9 Å². The van der Waals surface area contributed by atoms with Crippen LogP contribution in [-0.2, 0) is 6.61 Å². The number of ether oxygens (including phenoxy) is 2. The number of methoxy groups -OCH3 is 1. The molecule has 0 aliphatic rings. The zero-order valence-corrected chi connectivity index (χ0v) is 13.0. The third-order valence-electron chi connectivity index (χ3n) is 3.11. The van der Waals surface area contributed by atoms with Crippen LogP contribution in [0.4, 0.5) is 0 Å². The second-order valence-corrected chi connectivity index (χ2v) is 5.34. The fourth-order valence-corrected chi connectivity index (χ4v) is 2.45. The number of benzene rings is 2. The lowest BCUT2D eigenvalue weighted by Gasteiger charge is -2.12. The van der Waals surface area contributed by atoms with E-state index in [0.29, 0.717) is 18.1 Å². The van der Waals surface area contributed by atoms with E-state index in [0.717, 1.165) is 20.9 Å². The van der Waals surface area contributed by atoms with Crippen molar-refractivity contribution < 1.29 is 9.47 Å². The molecule has 0 aliphatic heterocycles. The standard InChI is InChI=1S/C16H13BrN2O2/c1-20-15-7-12-13(17)9-18-19-14(12)8-16(15)21-10-11-5-3-2-4-6-11/h2-9H,10H2,1H3. The first-order valence-electron chi connectivity index (χ1n) is 6.43. The predicted molar refractivity (Wildman–Crippen MR) is 84.6 cm³/mol. The number of rotatable bonds is 4. The first-order valence-corrected chi connectivity index (χ1v) is 7.23. The second kappa shape index (κ2) is 6.10. The van der Waals surface area contributed by atoms with Gasteiger partial charge in [0.2, 0.25) is 0 Å². The van der Waals surface area contributed by atoms with Gasteiger partial charge in [0.1, 0.15) is 6.61 Å². The molecule has 0 spiro atoms. The molecule has 0 unspecified atom stereocenters. The highest BCUT2D eigenvalue weighted by molar-refractivity contribution is 9.10. The highest BCUT2D eigenvalue weighted by atomic mass is 79.9. The first-order chi connectivity index (χ1) is 10.3. The maximum atomic E-state index is 5.85. The minimum Gasteiger partial charge on any atom is -0.493 e. The molecule has 0 aliphatic carbocycles. The fraction of sp³-hybridized carbons (Fsp3) is 0.125. The van der Waals surface area contributed by atoms with Crippen molar-refractivity contribution in [2.45, 2.75) is 6.61 Å². The molecule has 0 radical (unpaired) electrons. The molecule has 0 bridgehead atoms. The lowest BCUT2D eigenvalue weighted by atomic mass is 10.2. The van der Waals surface area contributed by atoms with Crippen molar-refractivity contribution in [3.8, 4) is 11.5 Å². The van der Waals surface area contributed by atoms with E-state index in [-0.39, 0.29) is 0 Å². The molecule has 0 saturated carbocycles. The molecule has 0 fully saturated rings. The summed E-state index contributed by atoms with van der Waals surface area (Å²) >= 11 is 3.46. The van der Waals surface area contributed by atoms with E-state index in [1.165, 1.54) is 0 Å². The maximum Gasteiger partial charge on any atom is 0.163 e. The lowest BCUT2D eigenvalue weighted by molar-refractivity contribution is 0.285. The zero-order chi connectivity index (χ0) is 14.7. The number of fused-ring (bicyclic) bond motifs is 1. The van der Waals surface area contributed by atoms with Gasteiger partial charge in [-0.1, -0.05) is 30.3 Å². The summed E-state index contributed by atoms with van der Waals surface area (Å²) < 4.78 is 12.1. The normalized spacial score (nSPS) is 10.6. The van der Waals surface area contributed by atoms with Crippen molar-refractivity contribution in [3.05, 3.63) is 58.7 Å². The quantitative estimate of drug-likeness (QED) is 0.718. The Labute approximate surface area is 130 Å². The molecule has 106 valence electrons. The van der Waals surface area contributed by atoms with Gasteiger partial charge in [-0.2, -0.15) is 10.2 Å². The van der Waals surface area contributed by atoms with E-state index in [4.69, 9.17) is 9.47 Å². The van der Waals surface area contributed by atoms with E-state index in [2.05, 4.69) is 26.1 Å². The number of hydrogen-bond acceptors (Lipinski definition) is 4. The van der Waals surface area contributed by atoms with Crippen molar-refractivity contribution in [1.29, 1.82) is 0 Å². The molecular weight excluding hydrogens is 332 g/mol. The van der Waals surface area contributed by atoms with Crippen LogP contribution in [0.2, 0.25) is 0 Å². The SMILES string of the molecule is COc1cc2c(Br)cnnc2cc1OCc1ccccc1. The monoisotopic (exact) mass is 344 g/mol. The summed E-state index contributed by atoms with van der Waals surface area (Å²) in [6.07, 6.45) is 1.66. The summed E-state index contributed by atoms with van der Waals surface area (Å²) in [5, 5.41) is 8.99. The molecular formula is C16H13BrN2O2. The molecule has 0 atom stereocenters. The Morgan fingerprint density at radius 3 is 2.67 bits per heavy atom. The topological polar surface area (TPSA) is 44.2 Å². The summed E-state index contributed by atoms with van der Waals surface area (Å²) in [7, 11) is 1.62. The van der Waals surface area contributed by atoms with Gasteiger partial charge in [0.05, 0.1) is 18.8 Å². The lowest BCUT2D eigenvalue weighted by Crippen LogP contribution is -1.98. The van der Waals surface area contributed by atoms with E-state index >= 15 is 0 Å². The van der Waals surface area contributed by atoms with E-state index in [1.54, 1.807) is 13.3 Å². The van der Waals surface area contributed by atoms with Crippen molar-refractivity contribution in [1.82, 2.24) is 10.2 Å². The highest BCUT2D eigenvalue weighted by Crippen LogP contribution is 2.34. The molecule has 5 heteroatoms. The molecule has 3 aromatic rings. The summed E-state index contributed by atoms with van der Waals surface area (Å²) in [4.78, 5) is 0. The van der Waals surface area contributed by atoms with Gasteiger partial charge in [-0.05, 0) is 27.6 Å². The second-order valence-electron chi connectivity index (χ2n) is 4.49. The highest BCUT2D eigenvalue weighted by Gasteiger charge is 2.10. The van der Waals surface area contributed by atoms with Crippen LogP contribution in [-0.4, -0.2) is 17.3 Å². The van der Waals surface area contributed by atoms with Crippen LogP contribution in [0, 0.1) is 0 Å². The van der Waals surface area contributed by atoms with Crippen molar-refractivity contribution in [3.63, 3.8) is 0 Å². The van der Waals surface area contributed by atoms with Gasteiger partial charge >= 0.3 is 0 Å². The minimum absolute atomic E-state index is 0.476. The van der Waals surface area contributed by atoms with E-state index in [1.807, 2.05) is 42.5 Å². The van der Waals surface area contributed by atoms with Crippen LogP contribution in [0.5, 0.6) is 11.5 Å². The van der Waals surface area contributed by atoms with Crippen LogP contribution in [0.1, 0.15) is 5.56 Å². The number of halogens is 1. The third-order valence-corrected chi connectivity index (χ3v) is 3.74. The summed E-state index contributed by atoms with van der Waals surface area (Å²) in [5.41, 5.74) is 1.85. The van der Waals surface area contributed by atoms with Gasteiger partial charge in [-0.15, -0.1) is 0 Å². The Balaban J connectivity index is 1.94. The number of aromatic nitrogens is 2. The van der Waals surface area contributed by atoms with Crippen molar-refractivity contribution in [2.75, 3.05) is 7.11 Å². The van der Waals surface area contributed by atoms with Crippen LogP contribution < -0.4 is 9.47 Å². The van der Waals surface area contributed by atoms with Crippen molar-refractivity contribution >= 4 is 26.8 Å². The molecule has 1 heterocycles. The summed E-state index contributed by atoms with van der Waals surface area (Å²) in [5.74, 6) is 1.33. The molecule has 1 aromatic heterocycles. The molecule has 4 nitrogen and oxygen atoms in total. The molecule has 3 rings (SSSR count). The fourth-order valence-electron chi connectivity index (χ4n) is 2.04. The Morgan fingerprint density at radius 2 is 1.90 bits per heavy atom.